The highest BCUT2D eigenvalue weighted by molar-refractivity contribution is 7.99. The predicted octanol–water partition coefficient (Wildman–Crippen LogP) is 11.5. The Morgan fingerprint density at radius 1 is 0.647 bits per heavy atom. The zero-order chi connectivity index (χ0) is 35.7. The van der Waals surface area contributed by atoms with E-state index in [1.165, 1.54) is 20.9 Å². The standard InChI is InChI=1S/C42H44Cl2N4O2S/c1-5-9-35(47-21-19-45-27-47)41-33(25-29-11-7-13-31(43)23-29)37(49-3)15-17-39(41)51-40-18-16-38(50-4)34(26-30-12-8-14-32(44)24-30)42(40)36(10-6-2)48-22-20-46-28-48/h7-8,11-24,27-28,35-36H,5-6,9-10,25-26H2,1-4H3. The molecule has 0 N–H and O–H groups in total. The second kappa shape index (κ2) is 17.4. The lowest BCUT2D eigenvalue weighted by molar-refractivity contribution is 0.406. The van der Waals surface area contributed by atoms with Crippen LogP contribution in [0.2, 0.25) is 10.0 Å². The van der Waals surface area contributed by atoms with Crippen LogP contribution in [0.4, 0.5) is 0 Å². The molecule has 6 nitrogen and oxygen atoms in total. The van der Waals surface area contributed by atoms with Crippen LogP contribution >= 0.6 is 35.0 Å². The third-order valence-corrected chi connectivity index (χ3v) is 10.9. The number of nitrogens with zero attached hydrogens (tertiary/aromatic N) is 4. The second-order valence-electron chi connectivity index (χ2n) is 12.7. The fraction of sp³-hybridized carbons (Fsp3) is 0.286. The maximum atomic E-state index is 6.51. The average Bonchev–Trinajstić information content (AvgIpc) is 3.87. The van der Waals surface area contributed by atoms with Crippen LogP contribution in [0.15, 0.2) is 120 Å². The van der Waals surface area contributed by atoms with Gasteiger partial charge in [0.25, 0.3) is 0 Å². The Kier molecular flexibility index (Phi) is 12.5. The summed E-state index contributed by atoms with van der Waals surface area (Å²) in [5.41, 5.74) is 7.00. The van der Waals surface area contributed by atoms with Gasteiger partial charge in [0.05, 0.1) is 39.0 Å². The number of rotatable bonds is 16. The summed E-state index contributed by atoms with van der Waals surface area (Å²) in [7, 11) is 3.51. The second-order valence-corrected chi connectivity index (χ2v) is 14.6. The van der Waals surface area contributed by atoms with E-state index in [4.69, 9.17) is 32.7 Å². The molecule has 6 aromatic rings. The lowest BCUT2D eigenvalue weighted by atomic mass is 9.91. The molecule has 2 heterocycles. The Bertz CT molecular complexity index is 1890. The molecule has 6 rings (SSSR count). The highest BCUT2D eigenvalue weighted by Crippen LogP contribution is 2.47. The van der Waals surface area contributed by atoms with E-state index < -0.39 is 0 Å². The molecule has 0 bridgehead atoms. The van der Waals surface area contributed by atoms with Gasteiger partial charge in [-0.2, -0.15) is 0 Å². The molecular formula is C42H44Cl2N4O2S. The minimum Gasteiger partial charge on any atom is -0.496 e. The minimum absolute atomic E-state index is 0.0389. The van der Waals surface area contributed by atoms with Gasteiger partial charge in [-0.25, -0.2) is 9.97 Å². The third-order valence-electron chi connectivity index (χ3n) is 9.31. The van der Waals surface area contributed by atoms with Gasteiger partial charge in [0, 0.05) is 68.6 Å². The number of imidazole rings is 2. The van der Waals surface area contributed by atoms with Crippen molar-refractivity contribution in [2.75, 3.05) is 14.2 Å². The summed E-state index contributed by atoms with van der Waals surface area (Å²) in [5.74, 6) is 1.71. The molecule has 264 valence electrons. The molecule has 4 aromatic carbocycles. The lowest BCUT2D eigenvalue weighted by Crippen LogP contribution is -2.15. The SMILES string of the molecule is CCCC(c1c(Sc2ccc(OC)c(Cc3cccc(Cl)c3)c2C(CCC)n2ccnc2)ccc(OC)c1Cc1cccc(Cl)c1)n1ccnc1. The Balaban J connectivity index is 1.59. The molecule has 0 amide bonds. The number of benzene rings is 4. The van der Waals surface area contributed by atoms with Gasteiger partial charge in [-0.1, -0.05) is 85.9 Å². The summed E-state index contributed by atoms with van der Waals surface area (Å²) in [6, 6.07) is 24.9. The number of hydrogen-bond donors (Lipinski definition) is 0. The van der Waals surface area contributed by atoms with Crippen molar-refractivity contribution in [1.29, 1.82) is 0 Å². The fourth-order valence-electron chi connectivity index (χ4n) is 7.06. The van der Waals surface area contributed by atoms with Crippen molar-refractivity contribution in [3.8, 4) is 11.5 Å². The topological polar surface area (TPSA) is 54.1 Å². The molecule has 0 aliphatic heterocycles. The molecule has 0 saturated carbocycles. The van der Waals surface area contributed by atoms with Crippen LogP contribution in [0.3, 0.4) is 0 Å². The van der Waals surface area contributed by atoms with Crippen LogP contribution in [-0.2, 0) is 12.8 Å². The molecule has 0 spiro atoms. The highest BCUT2D eigenvalue weighted by Gasteiger charge is 2.28. The number of hydrogen-bond acceptors (Lipinski definition) is 5. The van der Waals surface area contributed by atoms with Crippen molar-refractivity contribution in [2.45, 2.75) is 74.2 Å². The Morgan fingerprint density at radius 3 is 1.45 bits per heavy atom. The van der Waals surface area contributed by atoms with Crippen LogP contribution in [0, 0.1) is 0 Å². The largest absolute Gasteiger partial charge is 0.496 e. The van der Waals surface area contributed by atoms with Crippen LogP contribution < -0.4 is 9.47 Å². The van der Waals surface area contributed by atoms with Gasteiger partial charge in [0.1, 0.15) is 11.5 Å². The van der Waals surface area contributed by atoms with Crippen molar-refractivity contribution in [3.63, 3.8) is 0 Å². The van der Waals surface area contributed by atoms with E-state index in [1.807, 2.05) is 73.2 Å². The first-order chi connectivity index (χ1) is 24.9. The third kappa shape index (κ3) is 8.49. The Morgan fingerprint density at radius 2 is 1.10 bits per heavy atom. The molecule has 0 radical (unpaired) electrons. The normalized spacial score (nSPS) is 12.5. The number of halogens is 2. The lowest BCUT2D eigenvalue weighted by Gasteiger charge is -2.29. The van der Waals surface area contributed by atoms with E-state index in [0.717, 1.165) is 69.5 Å². The van der Waals surface area contributed by atoms with E-state index >= 15 is 0 Å². The van der Waals surface area contributed by atoms with E-state index in [1.54, 1.807) is 14.2 Å². The molecule has 0 fully saturated rings. The quantitative estimate of drug-likeness (QED) is 0.0989. The summed E-state index contributed by atoms with van der Waals surface area (Å²) < 4.78 is 16.7. The van der Waals surface area contributed by atoms with Crippen LogP contribution in [0.5, 0.6) is 11.5 Å². The van der Waals surface area contributed by atoms with Gasteiger partial charge >= 0.3 is 0 Å². The summed E-state index contributed by atoms with van der Waals surface area (Å²) >= 11 is 14.8. The van der Waals surface area contributed by atoms with Crippen molar-refractivity contribution in [2.24, 2.45) is 0 Å². The number of methoxy groups -OCH3 is 2. The average molecular weight is 740 g/mol. The summed E-state index contributed by atoms with van der Waals surface area (Å²) in [5, 5.41) is 1.43. The Labute approximate surface area is 315 Å². The summed E-state index contributed by atoms with van der Waals surface area (Å²) in [4.78, 5) is 11.3. The summed E-state index contributed by atoms with van der Waals surface area (Å²) in [6.45, 7) is 4.47. The zero-order valence-electron chi connectivity index (χ0n) is 29.6. The molecule has 2 unspecified atom stereocenters. The molecule has 9 heteroatoms. The van der Waals surface area contributed by atoms with Gasteiger partial charge < -0.3 is 18.6 Å². The van der Waals surface area contributed by atoms with E-state index in [-0.39, 0.29) is 12.1 Å². The van der Waals surface area contributed by atoms with Gasteiger partial charge in [-0.15, -0.1) is 0 Å². The van der Waals surface area contributed by atoms with Crippen LogP contribution in [0.1, 0.15) is 85.0 Å². The van der Waals surface area contributed by atoms with E-state index in [0.29, 0.717) is 12.8 Å². The first-order valence-electron chi connectivity index (χ1n) is 17.4. The van der Waals surface area contributed by atoms with Crippen molar-refractivity contribution >= 4 is 35.0 Å². The maximum absolute atomic E-state index is 6.51. The molecule has 2 atom stereocenters. The monoisotopic (exact) mass is 738 g/mol. The molecular weight excluding hydrogens is 695 g/mol. The maximum Gasteiger partial charge on any atom is 0.122 e. The minimum atomic E-state index is 0.0389. The number of ether oxygens (including phenoxy) is 2. The fourth-order valence-corrected chi connectivity index (χ4v) is 8.74. The Hall–Kier alpha value is -4.17. The predicted molar refractivity (Wildman–Crippen MR) is 209 cm³/mol. The molecule has 0 aliphatic rings. The van der Waals surface area contributed by atoms with Crippen molar-refractivity contribution in [3.05, 3.63) is 154 Å². The summed E-state index contributed by atoms with van der Waals surface area (Å²) in [6.07, 6.45) is 16.9. The first-order valence-corrected chi connectivity index (χ1v) is 19.0. The first kappa shape index (κ1) is 36.6. The van der Waals surface area contributed by atoms with Gasteiger partial charge in [-0.3, -0.25) is 0 Å². The highest BCUT2D eigenvalue weighted by atomic mass is 35.5. The molecule has 51 heavy (non-hydrogen) atoms. The van der Waals surface area contributed by atoms with Crippen LogP contribution in [0.25, 0.3) is 0 Å². The van der Waals surface area contributed by atoms with Gasteiger partial charge in [-0.05, 0) is 83.6 Å². The van der Waals surface area contributed by atoms with Gasteiger partial charge in [0.2, 0.25) is 0 Å². The molecule has 0 saturated heterocycles. The zero-order valence-corrected chi connectivity index (χ0v) is 31.9. The smallest absolute Gasteiger partial charge is 0.122 e. The molecule has 0 aliphatic carbocycles. The van der Waals surface area contributed by atoms with Gasteiger partial charge in [0.15, 0.2) is 0 Å². The number of aromatic nitrogens is 4. The molecule has 2 aromatic heterocycles. The van der Waals surface area contributed by atoms with Crippen molar-refractivity contribution in [1.82, 2.24) is 19.1 Å². The van der Waals surface area contributed by atoms with E-state index in [9.17, 15) is 0 Å². The van der Waals surface area contributed by atoms with E-state index in [2.05, 4.69) is 81.7 Å². The van der Waals surface area contributed by atoms with Crippen molar-refractivity contribution < 1.29 is 9.47 Å². The van der Waals surface area contributed by atoms with Crippen LogP contribution in [-0.4, -0.2) is 33.3 Å².